The second-order valence-electron chi connectivity index (χ2n) is 7.69. The summed E-state index contributed by atoms with van der Waals surface area (Å²) in [6.45, 7) is 3.79. The lowest BCUT2D eigenvalue weighted by Crippen LogP contribution is -2.24. The van der Waals surface area contributed by atoms with Crippen molar-refractivity contribution in [3.05, 3.63) is 62.8 Å². The van der Waals surface area contributed by atoms with Crippen LogP contribution in [-0.4, -0.2) is 33.7 Å². The van der Waals surface area contributed by atoms with Crippen LogP contribution in [0.1, 0.15) is 47.5 Å². The van der Waals surface area contributed by atoms with E-state index >= 15 is 0 Å². The van der Waals surface area contributed by atoms with Crippen molar-refractivity contribution >= 4 is 40.0 Å². The summed E-state index contributed by atoms with van der Waals surface area (Å²) in [4.78, 5) is 46.1. The first-order valence-corrected chi connectivity index (χ1v) is 12.6. The zero-order valence-electron chi connectivity index (χ0n) is 18.5. The van der Waals surface area contributed by atoms with E-state index in [2.05, 4.69) is 15.3 Å². The minimum Gasteiger partial charge on any atom is -0.462 e. The third-order valence-electron chi connectivity index (χ3n) is 5.33. The molecule has 1 aliphatic rings. The summed E-state index contributed by atoms with van der Waals surface area (Å²) in [5.74, 6) is -0.661. The van der Waals surface area contributed by atoms with Gasteiger partial charge in [0.15, 0.2) is 5.16 Å². The SMILES string of the molecule is CCOC(=O)c1c(NC(=O)C(C)Sc2nc(-c3ccccc3)cc(=O)[nH]2)sc2c1CCCC2. The van der Waals surface area contributed by atoms with Crippen LogP contribution in [0.4, 0.5) is 5.00 Å². The van der Waals surface area contributed by atoms with Crippen LogP contribution in [0.5, 0.6) is 0 Å². The first-order chi connectivity index (χ1) is 16.0. The second kappa shape index (κ2) is 10.4. The molecule has 2 N–H and O–H groups in total. The highest BCUT2D eigenvalue weighted by atomic mass is 32.2. The second-order valence-corrected chi connectivity index (χ2v) is 10.1. The summed E-state index contributed by atoms with van der Waals surface area (Å²) < 4.78 is 5.26. The van der Waals surface area contributed by atoms with E-state index < -0.39 is 11.2 Å². The van der Waals surface area contributed by atoms with E-state index in [0.29, 0.717) is 21.4 Å². The number of aryl methyl sites for hydroxylation is 1. The Balaban J connectivity index is 1.53. The van der Waals surface area contributed by atoms with Crippen LogP contribution in [0, 0.1) is 0 Å². The van der Waals surface area contributed by atoms with Crippen molar-refractivity contribution in [1.82, 2.24) is 9.97 Å². The van der Waals surface area contributed by atoms with E-state index in [9.17, 15) is 14.4 Å². The van der Waals surface area contributed by atoms with Gasteiger partial charge < -0.3 is 15.0 Å². The maximum absolute atomic E-state index is 13.0. The van der Waals surface area contributed by atoms with Gasteiger partial charge in [-0.25, -0.2) is 9.78 Å². The molecule has 172 valence electrons. The van der Waals surface area contributed by atoms with Crippen molar-refractivity contribution in [2.45, 2.75) is 49.9 Å². The Labute approximate surface area is 200 Å². The van der Waals surface area contributed by atoms with Gasteiger partial charge in [-0.3, -0.25) is 9.59 Å². The molecule has 1 aromatic carbocycles. The predicted molar refractivity (Wildman–Crippen MR) is 131 cm³/mol. The van der Waals surface area contributed by atoms with Crippen molar-refractivity contribution in [2.75, 3.05) is 11.9 Å². The van der Waals surface area contributed by atoms with Crippen LogP contribution in [-0.2, 0) is 22.4 Å². The number of esters is 1. The molecule has 9 heteroatoms. The number of nitrogens with one attached hydrogen (secondary N) is 2. The number of aromatic amines is 1. The van der Waals surface area contributed by atoms with Gasteiger partial charge in [0.2, 0.25) is 5.91 Å². The van der Waals surface area contributed by atoms with Gasteiger partial charge in [0.1, 0.15) is 5.00 Å². The number of amides is 1. The highest BCUT2D eigenvalue weighted by Crippen LogP contribution is 2.39. The quantitative estimate of drug-likeness (QED) is 0.288. The van der Waals surface area contributed by atoms with Gasteiger partial charge in [0, 0.05) is 16.5 Å². The number of nitrogens with zero attached hydrogens (tertiary/aromatic N) is 1. The lowest BCUT2D eigenvalue weighted by molar-refractivity contribution is -0.115. The van der Waals surface area contributed by atoms with Gasteiger partial charge in [-0.05, 0) is 45.1 Å². The number of H-pyrrole nitrogens is 1. The predicted octanol–water partition coefficient (Wildman–Crippen LogP) is 4.67. The number of hydrogen-bond acceptors (Lipinski definition) is 7. The molecule has 1 unspecified atom stereocenters. The van der Waals surface area contributed by atoms with Gasteiger partial charge >= 0.3 is 5.97 Å². The third-order valence-corrected chi connectivity index (χ3v) is 7.53. The van der Waals surface area contributed by atoms with Gasteiger partial charge in [-0.1, -0.05) is 42.1 Å². The van der Waals surface area contributed by atoms with Crippen molar-refractivity contribution < 1.29 is 14.3 Å². The van der Waals surface area contributed by atoms with Crippen molar-refractivity contribution in [2.24, 2.45) is 0 Å². The van der Waals surface area contributed by atoms with Gasteiger partial charge in [-0.2, -0.15) is 0 Å². The fourth-order valence-electron chi connectivity index (χ4n) is 3.76. The van der Waals surface area contributed by atoms with E-state index in [1.165, 1.54) is 17.4 Å². The number of carbonyl (C=O) groups excluding carboxylic acids is 2. The number of thioether (sulfide) groups is 1. The molecule has 3 aromatic rings. The van der Waals surface area contributed by atoms with Crippen molar-refractivity contribution in [3.63, 3.8) is 0 Å². The zero-order valence-corrected chi connectivity index (χ0v) is 20.1. The molecule has 0 saturated carbocycles. The lowest BCUT2D eigenvalue weighted by atomic mass is 9.95. The van der Waals surface area contributed by atoms with Crippen LogP contribution in [0.3, 0.4) is 0 Å². The summed E-state index contributed by atoms with van der Waals surface area (Å²) >= 11 is 2.62. The first kappa shape index (κ1) is 23.3. The Bertz CT molecular complexity index is 1220. The molecule has 1 aliphatic carbocycles. The molecular formula is C24H25N3O4S2. The Hall–Kier alpha value is -2.91. The molecular weight excluding hydrogens is 458 g/mol. The van der Waals surface area contributed by atoms with Crippen LogP contribution in [0.2, 0.25) is 0 Å². The minimum absolute atomic E-state index is 0.267. The number of anilines is 1. The van der Waals surface area contributed by atoms with Gasteiger partial charge in [0.05, 0.1) is 23.1 Å². The van der Waals surface area contributed by atoms with Crippen LogP contribution in [0.25, 0.3) is 11.3 Å². The number of carbonyl (C=O) groups is 2. The highest BCUT2D eigenvalue weighted by Gasteiger charge is 2.28. The molecule has 0 bridgehead atoms. The summed E-state index contributed by atoms with van der Waals surface area (Å²) in [5.41, 5.74) is 2.58. The van der Waals surface area contributed by atoms with Crippen molar-refractivity contribution in [3.8, 4) is 11.3 Å². The topological polar surface area (TPSA) is 101 Å². The fraction of sp³-hybridized carbons (Fsp3) is 0.333. The number of fused-ring (bicyclic) bond motifs is 1. The Morgan fingerprint density at radius 2 is 2.00 bits per heavy atom. The van der Waals surface area contributed by atoms with E-state index in [1.807, 2.05) is 30.3 Å². The molecule has 33 heavy (non-hydrogen) atoms. The molecule has 1 atom stereocenters. The molecule has 0 spiro atoms. The lowest BCUT2D eigenvalue weighted by Gasteiger charge is -2.13. The zero-order chi connectivity index (χ0) is 23.4. The number of rotatable bonds is 7. The molecule has 4 rings (SSSR count). The Morgan fingerprint density at radius 3 is 2.76 bits per heavy atom. The Morgan fingerprint density at radius 1 is 1.24 bits per heavy atom. The molecule has 2 aromatic heterocycles. The summed E-state index contributed by atoms with van der Waals surface area (Å²) in [5, 5.41) is 3.28. The highest BCUT2D eigenvalue weighted by molar-refractivity contribution is 8.00. The fourth-order valence-corrected chi connectivity index (χ4v) is 5.85. The van der Waals surface area contributed by atoms with E-state index in [0.717, 1.165) is 53.4 Å². The van der Waals surface area contributed by atoms with E-state index in [4.69, 9.17) is 4.74 Å². The molecule has 0 radical (unpaired) electrons. The summed E-state index contributed by atoms with van der Waals surface area (Å²) in [6.07, 6.45) is 3.82. The molecule has 0 saturated heterocycles. The average molecular weight is 484 g/mol. The number of benzene rings is 1. The normalized spacial score (nSPS) is 13.8. The number of thiophene rings is 1. The van der Waals surface area contributed by atoms with E-state index in [1.54, 1.807) is 13.8 Å². The average Bonchev–Trinajstić information content (AvgIpc) is 3.17. The molecule has 0 aliphatic heterocycles. The largest absolute Gasteiger partial charge is 0.462 e. The maximum atomic E-state index is 13.0. The maximum Gasteiger partial charge on any atom is 0.341 e. The number of ether oxygens (including phenoxy) is 1. The molecule has 7 nitrogen and oxygen atoms in total. The third kappa shape index (κ3) is 5.36. The first-order valence-electron chi connectivity index (χ1n) is 10.9. The summed E-state index contributed by atoms with van der Waals surface area (Å²) in [6, 6.07) is 10.8. The van der Waals surface area contributed by atoms with Crippen LogP contribution < -0.4 is 10.9 Å². The minimum atomic E-state index is -0.548. The standard InChI is InChI=1S/C24H25N3O4S2/c1-3-31-23(30)20-16-11-7-8-12-18(16)33-22(20)27-21(29)14(2)32-24-25-17(13-19(28)26-24)15-9-5-4-6-10-15/h4-6,9-10,13-14H,3,7-8,11-12H2,1-2H3,(H,27,29)(H,25,26,28). The number of hydrogen-bond donors (Lipinski definition) is 2. The smallest absolute Gasteiger partial charge is 0.341 e. The van der Waals surface area contributed by atoms with Crippen molar-refractivity contribution in [1.29, 1.82) is 0 Å². The molecule has 0 fully saturated rings. The van der Waals surface area contributed by atoms with Crippen LogP contribution >= 0.6 is 23.1 Å². The molecule has 2 heterocycles. The monoisotopic (exact) mass is 483 g/mol. The molecule has 1 amide bonds. The summed E-state index contributed by atoms with van der Waals surface area (Å²) in [7, 11) is 0. The van der Waals surface area contributed by atoms with E-state index in [-0.39, 0.29) is 18.1 Å². The van der Waals surface area contributed by atoms with Crippen LogP contribution in [0.15, 0.2) is 46.3 Å². The van der Waals surface area contributed by atoms with Gasteiger partial charge in [-0.15, -0.1) is 11.3 Å². The van der Waals surface area contributed by atoms with Gasteiger partial charge in [0.25, 0.3) is 5.56 Å². The Kier molecular flexibility index (Phi) is 7.29. The number of aromatic nitrogens is 2.